The van der Waals surface area contributed by atoms with Crippen LogP contribution in [0.3, 0.4) is 0 Å². The van der Waals surface area contributed by atoms with Crippen LogP contribution in [-0.4, -0.2) is 20.1 Å². The summed E-state index contributed by atoms with van der Waals surface area (Å²) in [4.78, 5) is 11.5. The Morgan fingerprint density at radius 3 is 2.22 bits per heavy atom. The fourth-order valence-corrected chi connectivity index (χ4v) is 1.90. The van der Waals surface area contributed by atoms with Gasteiger partial charge >= 0.3 is 12.9 Å². The molecule has 0 aliphatic heterocycles. The number of methoxy groups -OCH3 is 1. The maximum Gasteiger partial charge on any atom is 0.510 e. The predicted molar refractivity (Wildman–Crippen MR) is 64.0 cm³/mol. The largest absolute Gasteiger partial charge is 0.510 e. The molecule has 18 heavy (non-hydrogen) atoms. The van der Waals surface area contributed by atoms with Crippen LogP contribution in [0.25, 0.3) is 10.8 Å². The highest BCUT2D eigenvalue weighted by Crippen LogP contribution is 2.22. The first-order valence-corrected chi connectivity index (χ1v) is 5.25. The van der Waals surface area contributed by atoms with Crippen molar-refractivity contribution in [2.45, 2.75) is 0 Å². The van der Waals surface area contributed by atoms with Gasteiger partial charge in [0.1, 0.15) is 0 Å². The number of halogens is 3. The molecule has 2 aromatic carbocycles. The molecule has 0 saturated heterocycles. The molecule has 0 saturated carbocycles. The number of fused-ring (bicyclic) bond motifs is 1. The Bertz CT molecular complexity index is 608. The first kappa shape index (κ1) is 12.5. The SMILES string of the molecule is COC(=O)c1ccc([B-](F)(F)F)c2ccccc12. The molecule has 94 valence electrons. The van der Waals surface area contributed by atoms with Gasteiger partial charge in [-0.15, -0.1) is 5.46 Å². The van der Waals surface area contributed by atoms with Gasteiger partial charge in [0.2, 0.25) is 0 Å². The van der Waals surface area contributed by atoms with Crippen molar-refractivity contribution in [1.29, 1.82) is 0 Å². The van der Waals surface area contributed by atoms with Gasteiger partial charge < -0.3 is 17.7 Å². The van der Waals surface area contributed by atoms with Gasteiger partial charge in [-0.2, -0.15) is 0 Å². The van der Waals surface area contributed by atoms with Gasteiger partial charge in [-0.25, -0.2) is 4.79 Å². The van der Waals surface area contributed by atoms with Crippen molar-refractivity contribution in [3.8, 4) is 0 Å². The Morgan fingerprint density at radius 1 is 1.06 bits per heavy atom. The quantitative estimate of drug-likeness (QED) is 0.607. The van der Waals surface area contributed by atoms with E-state index in [9.17, 15) is 17.7 Å². The second-order valence-electron chi connectivity index (χ2n) is 3.81. The number of carbonyl (C=O) groups is 1. The number of hydrogen-bond acceptors (Lipinski definition) is 2. The number of benzene rings is 2. The van der Waals surface area contributed by atoms with Gasteiger partial charge in [0.05, 0.1) is 12.7 Å². The Hall–Kier alpha value is -1.98. The number of ether oxygens (including phenoxy) is 1. The highest BCUT2D eigenvalue weighted by Gasteiger charge is 2.28. The van der Waals surface area contributed by atoms with E-state index >= 15 is 0 Å². The van der Waals surface area contributed by atoms with Crippen LogP contribution in [0, 0.1) is 0 Å². The lowest BCUT2D eigenvalue weighted by molar-refractivity contribution is 0.0603. The first-order chi connectivity index (χ1) is 8.45. The van der Waals surface area contributed by atoms with Crippen LogP contribution < -0.4 is 5.46 Å². The average molecular weight is 253 g/mol. The zero-order valence-electron chi connectivity index (χ0n) is 9.49. The Labute approximate surface area is 101 Å². The van der Waals surface area contributed by atoms with Crippen molar-refractivity contribution in [2.75, 3.05) is 7.11 Å². The monoisotopic (exact) mass is 253 g/mol. The molecule has 0 heterocycles. The zero-order valence-corrected chi connectivity index (χ0v) is 9.49. The van der Waals surface area contributed by atoms with E-state index in [0.717, 1.165) is 12.1 Å². The van der Waals surface area contributed by atoms with Gasteiger partial charge in [-0.1, -0.05) is 30.3 Å². The second kappa shape index (κ2) is 4.36. The van der Waals surface area contributed by atoms with Gasteiger partial charge in [-0.05, 0) is 16.8 Å². The van der Waals surface area contributed by atoms with Crippen LogP contribution in [0.4, 0.5) is 12.9 Å². The molecule has 2 rings (SSSR count). The minimum absolute atomic E-state index is 0.0212. The van der Waals surface area contributed by atoms with Crippen LogP contribution in [-0.2, 0) is 4.74 Å². The lowest BCUT2D eigenvalue weighted by Crippen LogP contribution is -2.34. The summed E-state index contributed by atoms with van der Waals surface area (Å²) in [6.45, 7) is -5.11. The van der Waals surface area contributed by atoms with E-state index in [2.05, 4.69) is 4.74 Å². The molecule has 2 nitrogen and oxygen atoms in total. The van der Waals surface area contributed by atoms with E-state index in [1.165, 1.54) is 25.3 Å². The van der Waals surface area contributed by atoms with E-state index in [4.69, 9.17) is 0 Å². The number of carbonyl (C=O) groups excluding carboxylic acids is 1. The fourth-order valence-electron chi connectivity index (χ4n) is 1.90. The van der Waals surface area contributed by atoms with Gasteiger partial charge in [0, 0.05) is 0 Å². The summed E-state index contributed by atoms with van der Waals surface area (Å²) >= 11 is 0. The number of rotatable bonds is 2. The van der Waals surface area contributed by atoms with Crippen LogP contribution in [0.1, 0.15) is 10.4 Å². The Kier molecular flexibility index (Phi) is 3.03. The smallest absolute Gasteiger partial charge is 0.465 e. The molecule has 0 radical (unpaired) electrons. The first-order valence-electron chi connectivity index (χ1n) is 5.25. The van der Waals surface area contributed by atoms with Crippen molar-refractivity contribution >= 4 is 29.2 Å². The summed E-state index contributed by atoms with van der Waals surface area (Å²) in [5.41, 5.74) is -0.560. The molecule has 0 amide bonds. The molecule has 0 bridgehead atoms. The van der Waals surface area contributed by atoms with Crippen LogP contribution in [0.15, 0.2) is 36.4 Å². The summed E-state index contributed by atoms with van der Waals surface area (Å²) < 4.78 is 43.2. The summed E-state index contributed by atoms with van der Waals surface area (Å²) in [6, 6.07) is 8.00. The molecule has 0 unspecified atom stereocenters. The highest BCUT2D eigenvalue weighted by atomic mass is 19.4. The van der Waals surface area contributed by atoms with Gasteiger partial charge in [-0.3, -0.25) is 0 Å². The van der Waals surface area contributed by atoms with E-state index in [-0.39, 0.29) is 16.3 Å². The topological polar surface area (TPSA) is 26.3 Å². The lowest BCUT2D eigenvalue weighted by atomic mass is 9.76. The molecule has 0 spiro atoms. The van der Waals surface area contributed by atoms with Gasteiger partial charge in [0.25, 0.3) is 0 Å². The highest BCUT2D eigenvalue weighted by molar-refractivity contribution is 6.76. The molecular formula is C12H9BF3O2-. The third-order valence-electron chi connectivity index (χ3n) is 2.72. The second-order valence-corrected chi connectivity index (χ2v) is 3.81. The molecular weight excluding hydrogens is 244 g/mol. The minimum atomic E-state index is -5.11. The summed E-state index contributed by atoms with van der Waals surface area (Å²) in [6.07, 6.45) is 0. The molecule has 0 aliphatic rings. The molecule has 0 aromatic heterocycles. The maximum absolute atomic E-state index is 12.9. The lowest BCUT2D eigenvalue weighted by Gasteiger charge is -2.18. The summed E-state index contributed by atoms with van der Waals surface area (Å²) in [5.74, 6) is -0.646. The summed E-state index contributed by atoms with van der Waals surface area (Å²) in [7, 11) is 1.19. The molecule has 2 aromatic rings. The maximum atomic E-state index is 12.9. The van der Waals surface area contributed by atoms with E-state index in [1.807, 2.05) is 0 Å². The average Bonchev–Trinajstić information content (AvgIpc) is 2.35. The van der Waals surface area contributed by atoms with Crippen LogP contribution >= 0.6 is 0 Å². The molecule has 6 heteroatoms. The Morgan fingerprint density at radius 2 is 1.67 bits per heavy atom. The number of esters is 1. The summed E-state index contributed by atoms with van der Waals surface area (Å²) in [5, 5.41) is 0.272. The van der Waals surface area contributed by atoms with Crippen LogP contribution in [0.5, 0.6) is 0 Å². The number of hydrogen-bond donors (Lipinski definition) is 0. The van der Waals surface area contributed by atoms with Gasteiger partial charge in [0.15, 0.2) is 0 Å². The van der Waals surface area contributed by atoms with Crippen LogP contribution in [0.2, 0.25) is 0 Å². The van der Waals surface area contributed by atoms with Crippen molar-refractivity contribution in [3.63, 3.8) is 0 Å². The third-order valence-corrected chi connectivity index (χ3v) is 2.72. The minimum Gasteiger partial charge on any atom is -0.465 e. The standard InChI is InChI=1S/C12H9BF3O2/c1-18-12(17)10-6-7-11(13(14,15)16)9-5-3-2-4-8(9)10/h2-7H,1H3/q-1. The molecule has 0 fully saturated rings. The normalized spacial score (nSPS) is 11.6. The van der Waals surface area contributed by atoms with E-state index in [0.29, 0.717) is 0 Å². The zero-order chi connectivity index (χ0) is 13.3. The molecule has 0 atom stereocenters. The van der Waals surface area contributed by atoms with Crippen molar-refractivity contribution < 1.29 is 22.5 Å². The predicted octanol–water partition coefficient (Wildman–Crippen LogP) is 2.68. The van der Waals surface area contributed by atoms with E-state index < -0.39 is 18.4 Å². The Balaban J connectivity index is 2.78. The van der Waals surface area contributed by atoms with Crippen molar-refractivity contribution in [2.24, 2.45) is 0 Å². The fraction of sp³-hybridized carbons (Fsp3) is 0.0833. The molecule has 0 N–H and O–H groups in total. The van der Waals surface area contributed by atoms with Crippen molar-refractivity contribution in [1.82, 2.24) is 0 Å². The molecule has 0 aliphatic carbocycles. The third kappa shape index (κ3) is 2.06. The van der Waals surface area contributed by atoms with Crippen molar-refractivity contribution in [3.05, 3.63) is 42.0 Å². The van der Waals surface area contributed by atoms with E-state index in [1.54, 1.807) is 6.07 Å².